The van der Waals surface area contributed by atoms with Gasteiger partial charge in [-0.2, -0.15) is 0 Å². The van der Waals surface area contributed by atoms with Crippen molar-refractivity contribution in [2.75, 3.05) is 11.9 Å². The number of anilines is 1. The van der Waals surface area contributed by atoms with E-state index in [1.165, 1.54) is 0 Å². The Balaban J connectivity index is 1.66. The summed E-state index contributed by atoms with van der Waals surface area (Å²) in [6.07, 6.45) is 0. The Hall–Kier alpha value is -2.62. The standard InChI is InChI=1S/C17H16N2O2/c1-12-5-4-7-14(9-12)18-16(20)11-19-10-13-6-2-3-8-15(13)17(19)21/h2-9H,10-11H2,1H3,(H,18,20). The predicted molar refractivity (Wildman–Crippen MR) is 81.0 cm³/mol. The Kier molecular flexibility index (Phi) is 3.44. The molecule has 3 rings (SSSR count). The first-order valence-corrected chi connectivity index (χ1v) is 6.87. The van der Waals surface area contributed by atoms with E-state index in [1.54, 1.807) is 11.0 Å². The lowest BCUT2D eigenvalue weighted by molar-refractivity contribution is -0.116. The summed E-state index contributed by atoms with van der Waals surface area (Å²) in [5.41, 5.74) is 3.51. The molecule has 0 saturated carbocycles. The Morgan fingerprint density at radius 1 is 1.19 bits per heavy atom. The molecule has 0 bridgehead atoms. The molecule has 21 heavy (non-hydrogen) atoms. The highest BCUT2D eigenvalue weighted by atomic mass is 16.2. The van der Waals surface area contributed by atoms with Crippen LogP contribution in [0.5, 0.6) is 0 Å². The Morgan fingerprint density at radius 2 is 2.00 bits per heavy atom. The number of nitrogens with one attached hydrogen (secondary N) is 1. The van der Waals surface area contributed by atoms with Gasteiger partial charge >= 0.3 is 0 Å². The van der Waals surface area contributed by atoms with Gasteiger partial charge in [0, 0.05) is 17.8 Å². The lowest BCUT2D eigenvalue weighted by atomic mass is 10.1. The third-order valence-corrected chi connectivity index (χ3v) is 3.53. The van der Waals surface area contributed by atoms with Crippen LogP contribution in [-0.4, -0.2) is 23.3 Å². The van der Waals surface area contributed by atoms with E-state index >= 15 is 0 Å². The zero-order valence-corrected chi connectivity index (χ0v) is 11.8. The second kappa shape index (κ2) is 5.40. The van der Waals surface area contributed by atoms with Gasteiger partial charge in [-0.05, 0) is 36.2 Å². The molecule has 1 heterocycles. The monoisotopic (exact) mass is 280 g/mol. The number of fused-ring (bicyclic) bond motifs is 1. The number of carbonyl (C=O) groups excluding carboxylic acids is 2. The molecule has 2 aromatic rings. The van der Waals surface area contributed by atoms with Gasteiger partial charge in [0.1, 0.15) is 6.54 Å². The molecule has 0 unspecified atom stereocenters. The van der Waals surface area contributed by atoms with Crippen LogP contribution < -0.4 is 5.32 Å². The highest BCUT2D eigenvalue weighted by molar-refractivity contribution is 6.02. The highest BCUT2D eigenvalue weighted by Crippen LogP contribution is 2.22. The van der Waals surface area contributed by atoms with Gasteiger partial charge in [-0.3, -0.25) is 9.59 Å². The molecule has 0 spiro atoms. The van der Waals surface area contributed by atoms with E-state index in [9.17, 15) is 9.59 Å². The van der Waals surface area contributed by atoms with Crippen molar-refractivity contribution in [1.29, 1.82) is 0 Å². The fraction of sp³-hybridized carbons (Fsp3) is 0.176. The molecule has 2 amide bonds. The molecule has 0 aromatic heterocycles. The van der Waals surface area contributed by atoms with E-state index in [-0.39, 0.29) is 18.4 Å². The first-order valence-electron chi connectivity index (χ1n) is 6.87. The number of carbonyl (C=O) groups is 2. The van der Waals surface area contributed by atoms with Crippen molar-refractivity contribution in [3.05, 3.63) is 65.2 Å². The third kappa shape index (κ3) is 2.79. The predicted octanol–water partition coefficient (Wildman–Crippen LogP) is 2.59. The topological polar surface area (TPSA) is 49.4 Å². The van der Waals surface area contributed by atoms with Gasteiger partial charge in [0.25, 0.3) is 5.91 Å². The molecule has 1 aliphatic rings. The molecule has 0 fully saturated rings. The van der Waals surface area contributed by atoms with Gasteiger partial charge in [0.05, 0.1) is 0 Å². The van der Waals surface area contributed by atoms with Gasteiger partial charge < -0.3 is 10.2 Å². The van der Waals surface area contributed by atoms with E-state index in [4.69, 9.17) is 0 Å². The zero-order valence-electron chi connectivity index (χ0n) is 11.8. The number of benzene rings is 2. The van der Waals surface area contributed by atoms with Crippen LogP contribution in [-0.2, 0) is 11.3 Å². The van der Waals surface area contributed by atoms with Crippen LogP contribution in [0.4, 0.5) is 5.69 Å². The molecular weight excluding hydrogens is 264 g/mol. The lowest BCUT2D eigenvalue weighted by Gasteiger charge is -2.15. The van der Waals surface area contributed by atoms with Crippen molar-refractivity contribution in [2.24, 2.45) is 0 Å². The molecule has 4 heteroatoms. The number of nitrogens with zero attached hydrogens (tertiary/aromatic N) is 1. The third-order valence-electron chi connectivity index (χ3n) is 3.53. The number of rotatable bonds is 3. The van der Waals surface area contributed by atoms with Crippen molar-refractivity contribution in [3.63, 3.8) is 0 Å². The smallest absolute Gasteiger partial charge is 0.254 e. The summed E-state index contributed by atoms with van der Waals surface area (Å²) in [7, 11) is 0. The summed E-state index contributed by atoms with van der Waals surface area (Å²) >= 11 is 0. The maximum absolute atomic E-state index is 12.2. The summed E-state index contributed by atoms with van der Waals surface area (Å²) in [6, 6.07) is 15.1. The molecule has 4 nitrogen and oxygen atoms in total. The maximum Gasteiger partial charge on any atom is 0.254 e. The summed E-state index contributed by atoms with van der Waals surface area (Å²) in [4.78, 5) is 25.8. The molecule has 0 saturated heterocycles. The number of hydrogen-bond acceptors (Lipinski definition) is 2. The van der Waals surface area contributed by atoms with Crippen LogP contribution in [0.1, 0.15) is 21.5 Å². The normalized spacial score (nSPS) is 13.2. The minimum absolute atomic E-state index is 0.0709. The van der Waals surface area contributed by atoms with E-state index in [1.807, 2.05) is 49.4 Å². The Bertz CT molecular complexity index is 709. The SMILES string of the molecule is Cc1cccc(NC(=O)CN2Cc3ccccc3C2=O)c1. The number of hydrogen-bond donors (Lipinski definition) is 1. The van der Waals surface area contributed by atoms with Crippen LogP contribution in [0.15, 0.2) is 48.5 Å². The van der Waals surface area contributed by atoms with Crippen molar-refractivity contribution in [1.82, 2.24) is 4.90 Å². The minimum Gasteiger partial charge on any atom is -0.325 e. The molecule has 1 N–H and O–H groups in total. The van der Waals surface area contributed by atoms with E-state index < -0.39 is 0 Å². The summed E-state index contributed by atoms with van der Waals surface area (Å²) in [6.45, 7) is 2.54. The molecule has 0 radical (unpaired) electrons. The van der Waals surface area contributed by atoms with Gasteiger partial charge in [0.2, 0.25) is 5.91 Å². The number of amides is 2. The Labute approximate surface area is 123 Å². The first kappa shape index (κ1) is 13.4. The summed E-state index contributed by atoms with van der Waals surface area (Å²) in [5, 5.41) is 2.82. The molecule has 106 valence electrons. The average Bonchev–Trinajstić information content (AvgIpc) is 2.76. The van der Waals surface area contributed by atoms with Crippen LogP contribution in [0, 0.1) is 6.92 Å². The summed E-state index contributed by atoms with van der Waals surface area (Å²) in [5.74, 6) is -0.258. The quantitative estimate of drug-likeness (QED) is 0.939. The fourth-order valence-corrected chi connectivity index (χ4v) is 2.54. The van der Waals surface area contributed by atoms with E-state index in [0.717, 1.165) is 16.8 Å². The van der Waals surface area contributed by atoms with E-state index in [2.05, 4.69) is 5.32 Å². The van der Waals surface area contributed by atoms with Crippen molar-refractivity contribution < 1.29 is 9.59 Å². The van der Waals surface area contributed by atoms with Crippen LogP contribution in [0.3, 0.4) is 0 Å². The van der Waals surface area contributed by atoms with Crippen LogP contribution in [0.25, 0.3) is 0 Å². The molecule has 0 atom stereocenters. The van der Waals surface area contributed by atoms with E-state index in [0.29, 0.717) is 12.1 Å². The van der Waals surface area contributed by atoms with Gasteiger partial charge in [-0.25, -0.2) is 0 Å². The summed E-state index contributed by atoms with van der Waals surface area (Å²) < 4.78 is 0. The highest BCUT2D eigenvalue weighted by Gasteiger charge is 2.28. The number of aryl methyl sites for hydroxylation is 1. The van der Waals surface area contributed by atoms with Crippen LogP contribution >= 0.6 is 0 Å². The molecule has 2 aromatic carbocycles. The van der Waals surface area contributed by atoms with Gasteiger partial charge in [0.15, 0.2) is 0 Å². The van der Waals surface area contributed by atoms with Crippen molar-refractivity contribution >= 4 is 17.5 Å². The second-order valence-corrected chi connectivity index (χ2v) is 5.24. The molecule has 0 aliphatic carbocycles. The lowest BCUT2D eigenvalue weighted by Crippen LogP contribution is -2.33. The van der Waals surface area contributed by atoms with Gasteiger partial charge in [-0.1, -0.05) is 30.3 Å². The zero-order chi connectivity index (χ0) is 14.8. The molecule has 1 aliphatic heterocycles. The maximum atomic E-state index is 12.2. The van der Waals surface area contributed by atoms with Crippen LogP contribution in [0.2, 0.25) is 0 Å². The molecular formula is C17H16N2O2. The minimum atomic E-state index is -0.179. The fourth-order valence-electron chi connectivity index (χ4n) is 2.54. The van der Waals surface area contributed by atoms with Crippen molar-refractivity contribution in [3.8, 4) is 0 Å². The van der Waals surface area contributed by atoms with Crippen molar-refractivity contribution in [2.45, 2.75) is 13.5 Å². The largest absolute Gasteiger partial charge is 0.325 e. The average molecular weight is 280 g/mol. The Morgan fingerprint density at radius 3 is 2.76 bits per heavy atom. The van der Waals surface area contributed by atoms with Gasteiger partial charge in [-0.15, -0.1) is 0 Å². The first-order chi connectivity index (χ1) is 10.1. The second-order valence-electron chi connectivity index (χ2n) is 5.24.